The zero-order valence-electron chi connectivity index (χ0n) is 14.4. The number of aliphatic hydroxyl groups excluding tert-OH is 1. The maximum atomic E-state index is 12.6. The number of aliphatic hydroxyl groups is 1. The van der Waals surface area contributed by atoms with Crippen LogP contribution in [0, 0.1) is 0 Å². The van der Waals surface area contributed by atoms with Crippen LogP contribution in [0.3, 0.4) is 0 Å². The van der Waals surface area contributed by atoms with E-state index in [1.54, 1.807) is 29.2 Å². The maximum Gasteiger partial charge on any atom is 0.256 e. The molecule has 3 rings (SSSR count). The van der Waals surface area contributed by atoms with Crippen molar-refractivity contribution in [3.63, 3.8) is 0 Å². The summed E-state index contributed by atoms with van der Waals surface area (Å²) >= 11 is 5.94. The molecule has 0 saturated carbocycles. The summed E-state index contributed by atoms with van der Waals surface area (Å²) in [5.41, 5.74) is -0.0593. The van der Waals surface area contributed by atoms with Gasteiger partial charge in [-0.2, -0.15) is 0 Å². The molecule has 0 aromatic heterocycles. The number of piperidine rings is 1. The number of benzene rings is 1. The quantitative estimate of drug-likeness (QED) is 0.825. The van der Waals surface area contributed by atoms with E-state index < -0.39 is 11.6 Å². The van der Waals surface area contributed by atoms with Crippen molar-refractivity contribution >= 4 is 23.4 Å². The highest BCUT2D eigenvalue weighted by atomic mass is 35.5. The van der Waals surface area contributed by atoms with Crippen molar-refractivity contribution in [3.05, 3.63) is 34.9 Å². The van der Waals surface area contributed by atoms with Crippen molar-refractivity contribution in [2.24, 2.45) is 0 Å². The maximum absolute atomic E-state index is 12.6. The molecule has 136 valence electrons. The van der Waals surface area contributed by atoms with E-state index in [-0.39, 0.29) is 11.8 Å². The molecule has 7 heteroatoms. The summed E-state index contributed by atoms with van der Waals surface area (Å²) in [5, 5.41) is 13.8. The first-order chi connectivity index (χ1) is 11.9. The number of carbonyl (C=O) groups is 2. The summed E-state index contributed by atoms with van der Waals surface area (Å²) in [7, 11) is 1.98. The summed E-state index contributed by atoms with van der Waals surface area (Å²) in [6, 6.07) is 6.70. The average Bonchev–Trinajstić information content (AvgIpc) is 2.75. The van der Waals surface area contributed by atoms with Gasteiger partial charge in [-0.15, -0.1) is 0 Å². The van der Waals surface area contributed by atoms with Crippen LogP contribution in [0.2, 0.25) is 5.02 Å². The average molecular weight is 366 g/mol. The third kappa shape index (κ3) is 3.52. The van der Waals surface area contributed by atoms with Crippen LogP contribution in [0.15, 0.2) is 24.3 Å². The van der Waals surface area contributed by atoms with Crippen LogP contribution in [0.5, 0.6) is 0 Å². The summed E-state index contributed by atoms with van der Waals surface area (Å²) in [5.74, 6) is -0.288. The van der Waals surface area contributed by atoms with Crippen LogP contribution in [-0.2, 0) is 9.59 Å². The van der Waals surface area contributed by atoms with Crippen LogP contribution in [-0.4, -0.2) is 65.5 Å². The largest absolute Gasteiger partial charge is 0.378 e. The van der Waals surface area contributed by atoms with Crippen molar-refractivity contribution in [1.82, 2.24) is 15.1 Å². The summed E-state index contributed by atoms with van der Waals surface area (Å²) in [6.07, 6.45) is 0.848. The Morgan fingerprint density at radius 1 is 1.32 bits per heavy atom. The van der Waals surface area contributed by atoms with Crippen LogP contribution >= 0.6 is 11.6 Å². The number of likely N-dealkylation sites (tertiary alicyclic amines) is 1. The molecule has 0 bridgehead atoms. The lowest BCUT2D eigenvalue weighted by atomic mass is 9.84. The SMILES string of the molecule is CN1CCCNC(=O)C12CCN(C(=O)C(O)c1cccc(Cl)c1)CC2. The summed E-state index contributed by atoms with van der Waals surface area (Å²) < 4.78 is 0. The van der Waals surface area contributed by atoms with E-state index in [2.05, 4.69) is 10.2 Å². The Balaban J connectivity index is 1.69. The first kappa shape index (κ1) is 18.2. The Kier molecular flexibility index (Phi) is 5.32. The van der Waals surface area contributed by atoms with Crippen molar-refractivity contribution in [2.45, 2.75) is 30.9 Å². The number of rotatable bonds is 2. The van der Waals surface area contributed by atoms with Gasteiger partial charge in [-0.05, 0) is 44.0 Å². The molecule has 2 aliphatic rings. The van der Waals surface area contributed by atoms with Gasteiger partial charge in [0.1, 0.15) is 5.54 Å². The van der Waals surface area contributed by atoms with Gasteiger partial charge in [-0.1, -0.05) is 23.7 Å². The number of nitrogens with one attached hydrogen (secondary N) is 1. The molecule has 2 amide bonds. The fourth-order valence-corrected chi connectivity index (χ4v) is 3.97. The van der Waals surface area contributed by atoms with E-state index >= 15 is 0 Å². The smallest absolute Gasteiger partial charge is 0.256 e. The number of carbonyl (C=O) groups excluding carboxylic acids is 2. The van der Waals surface area contributed by atoms with E-state index in [1.807, 2.05) is 7.05 Å². The second kappa shape index (κ2) is 7.32. The zero-order valence-corrected chi connectivity index (χ0v) is 15.1. The molecule has 1 aromatic rings. The van der Waals surface area contributed by atoms with Crippen LogP contribution in [0.4, 0.5) is 0 Å². The monoisotopic (exact) mass is 365 g/mol. The van der Waals surface area contributed by atoms with Gasteiger partial charge in [-0.25, -0.2) is 0 Å². The van der Waals surface area contributed by atoms with Gasteiger partial charge in [-0.3, -0.25) is 14.5 Å². The van der Waals surface area contributed by atoms with E-state index in [0.29, 0.717) is 43.1 Å². The molecule has 0 aliphatic carbocycles. The molecule has 25 heavy (non-hydrogen) atoms. The topological polar surface area (TPSA) is 72.9 Å². The highest BCUT2D eigenvalue weighted by molar-refractivity contribution is 6.30. The minimum Gasteiger partial charge on any atom is -0.378 e. The van der Waals surface area contributed by atoms with Gasteiger partial charge in [0.05, 0.1) is 0 Å². The minimum atomic E-state index is -1.23. The molecule has 2 aliphatic heterocycles. The lowest BCUT2D eigenvalue weighted by Gasteiger charge is -2.45. The van der Waals surface area contributed by atoms with Gasteiger partial charge >= 0.3 is 0 Å². The summed E-state index contributed by atoms with van der Waals surface area (Å²) in [4.78, 5) is 28.9. The lowest BCUT2D eigenvalue weighted by Crippen LogP contribution is -2.61. The fraction of sp³-hybridized carbons (Fsp3) is 0.556. The van der Waals surface area contributed by atoms with Crippen molar-refractivity contribution in [2.75, 3.05) is 33.2 Å². The highest BCUT2D eigenvalue weighted by Gasteiger charge is 2.46. The molecule has 2 saturated heterocycles. The van der Waals surface area contributed by atoms with Gasteiger partial charge in [0.2, 0.25) is 5.91 Å². The van der Waals surface area contributed by atoms with Gasteiger partial charge < -0.3 is 15.3 Å². The molecule has 0 radical (unpaired) electrons. The van der Waals surface area contributed by atoms with Crippen LogP contribution in [0.1, 0.15) is 30.9 Å². The standard InChI is InChI=1S/C18H24ClN3O3/c1-21-9-3-8-20-17(25)18(21)6-10-22(11-7-18)16(24)15(23)13-4-2-5-14(19)12-13/h2,4-5,12,15,23H,3,6-11H2,1H3,(H,20,25). The molecule has 1 atom stereocenters. The van der Waals surface area contributed by atoms with Crippen molar-refractivity contribution < 1.29 is 14.7 Å². The molecule has 2 fully saturated rings. The molecule has 2 N–H and O–H groups in total. The lowest BCUT2D eigenvalue weighted by molar-refractivity contribution is -0.147. The second-order valence-electron chi connectivity index (χ2n) is 6.85. The Bertz CT molecular complexity index is 659. The first-order valence-corrected chi connectivity index (χ1v) is 9.04. The summed E-state index contributed by atoms with van der Waals surface area (Å²) in [6.45, 7) is 2.46. The number of halogens is 1. The van der Waals surface area contributed by atoms with Crippen LogP contribution in [0.25, 0.3) is 0 Å². The molecule has 1 spiro atoms. The van der Waals surface area contributed by atoms with Gasteiger partial charge in [0.15, 0.2) is 6.10 Å². The number of hydrogen-bond acceptors (Lipinski definition) is 4. The Hall–Kier alpha value is -1.63. The third-order valence-corrected chi connectivity index (χ3v) is 5.64. The Morgan fingerprint density at radius 3 is 2.72 bits per heavy atom. The Morgan fingerprint density at radius 2 is 2.04 bits per heavy atom. The van der Waals surface area contributed by atoms with Gasteiger partial charge in [0.25, 0.3) is 5.91 Å². The van der Waals surface area contributed by atoms with Gasteiger partial charge in [0, 0.05) is 31.2 Å². The predicted molar refractivity (Wildman–Crippen MR) is 95.2 cm³/mol. The molecular formula is C18H24ClN3O3. The number of nitrogens with zero attached hydrogens (tertiary/aromatic N) is 2. The zero-order chi connectivity index (χ0) is 18.0. The predicted octanol–water partition coefficient (Wildman–Crippen LogP) is 1.19. The molecular weight excluding hydrogens is 342 g/mol. The van der Waals surface area contributed by atoms with E-state index in [1.165, 1.54) is 0 Å². The minimum absolute atomic E-state index is 0.0509. The third-order valence-electron chi connectivity index (χ3n) is 5.41. The van der Waals surface area contributed by atoms with E-state index in [0.717, 1.165) is 13.0 Å². The van der Waals surface area contributed by atoms with Crippen molar-refractivity contribution in [3.8, 4) is 0 Å². The van der Waals surface area contributed by atoms with E-state index in [4.69, 9.17) is 11.6 Å². The number of hydrogen-bond donors (Lipinski definition) is 2. The molecule has 6 nitrogen and oxygen atoms in total. The number of likely N-dealkylation sites (N-methyl/N-ethyl adjacent to an activating group) is 1. The fourth-order valence-electron chi connectivity index (χ4n) is 3.77. The highest BCUT2D eigenvalue weighted by Crippen LogP contribution is 2.31. The Labute approximate surface area is 152 Å². The normalized spacial score (nSPS) is 22.4. The first-order valence-electron chi connectivity index (χ1n) is 8.66. The van der Waals surface area contributed by atoms with Crippen molar-refractivity contribution in [1.29, 1.82) is 0 Å². The second-order valence-corrected chi connectivity index (χ2v) is 7.28. The van der Waals surface area contributed by atoms with E-state index in [9.17, 15) is 14.7 Å². The molecule has 1 unspecified atom stereocenters. The molecule has 1 aromatic carbocycles. The molecule has 2 heterocycles. The van der Waals surface area contributed by atoms with Crippen LogP contribution < -0.4 is 5.32 Å². The number of amides is 2.